The van der Waals surface area contributed by atoms with Crippen LogP contribution < -0.4 is 0 Å². The van der Waals surface area contributed by atoms with E-state index in [9.17, 15) is 0 Å². The summed E-state index contributed by atoms with van der Waals surface area (Å²) in [6.45, 7) is 6.70. The molecule has 1 aliphatic carbocycles. The molecule has 0 N–H and O–H groups in total. The van der Waals surface area contributed by atoms with Gasteiger partial charge in [-0.15, -0.1) is 11.8 Å². The summed E-state index contributed by atoms with van der Waals surface area (Å²) in [5.41, 5.74) is 5.45. The maximum atomic E-state index is 2.34. The molecule has 1 aromatic carbocycles. The van der Waals surface area contributed by atoms with E-state index >= 15 is 0 Å². The van der Waals surface area contributed by atoms with E-state index in [1.165, 1.54) is 27.2 Å². The van der Waals surface area contributed by atoms with Gasteiger partial charge in [0.25, 0.3) is 0 Å². The maximum absolute atomic E-state index is 2.34. The smallest absolute Gasteiger partial charge is 0.0676 e. The Morgan fingerprint density at radius 1 is 0.947 bits per heavy atom. The second kappa shape index (κ2) is 4.57. The molecule has 1 heteroatoms. The Bertz CT molecular complexity index is 629. The molecular weight excluding hydrogens is 248 g/mol. The topological polar surface area (TPSA) is 0 Å². The first kappa shape index (κ1) is 12.6. The summed E-state index contributed by atoms with van der Waals surface area (Å²) in [6, 6.07) is 10.8. The Morgan fingerprint density at radius 3 is 2.42 bits per heavy atom. The van der Waals surface area contributed by atoms with Crippen LogP contribution >= 0.6 is 11.8 Å². The van der Waals surface area contributed by atoms with Gasteiger partial charge in [-0.3, -0.25) is 0 Å². The van der Waals surface area contributed by atoms with E-state index in [1.54, 1.807) is 0 Å². The van der Waals surface area contributed by atoms with Crippen LogP contribution in [0.25, 0.3) is 0 Å². The van der Waals surface area contributed by atoms with Gasteiger partial charge in [-0.05, 0) is 43.6 Å². The summed E-state index contributed by atoms with van der Waals surface area (Å²) < 4.78 is 0.0160. The lowest BCUT2D eigenvalue weighted by molar-refractivity contribution is 0.832. The summed E-state index contributed by atoms with van der Waals surface area (Å²) in [7, 11) is 0. The van der Waals surface area contributed by atoms with Gasteiger partial charge >= 0.3 is 0 Å². The average molecular weight is 266 g/mol. The van der Waals surface area contributed by atoms with Crippen LogP contribution in [0.5, 0.6) is 0 Å². The molecule has 2 bridgehead atoms. The van der Waals surface area contributed by atoms with Gasteiger partial charge in [-0.25, -0.2) is 0 Å². The third-order valence-corrected chi connectivity index (χ3v) is 5.39. The van der Waals surface area contributed by atoms with Crippen molar-refractivity contribution in [2.75, 3.05) is 0 Å². The van der Waals surface area contributed by atoms with Gasteiger partial charge in [0.15, 0.2) is 0 Å². The summed E-state index contributed by atoms with van der Waals surface area (Å²) in [4.78, 5) is 1.38. The average Bonchev–Trinajstić information content (AvgIpc) is 2.40. The second-order valence-corrected chi connectivity index (χ2v) is 6.83. The SMILES string of the molecule is CC1=C2/C=C\C(C)=C/C(=C1)C(C)(c1ccccc1)S2. The summed E-state index contributed by atoms with van der Waals surface area (Å²) in [6.07, 6.45) is 9.12. The summed E-state index contributed by atoms with van der Waals surface area (Å²) in [5, 5.41) is 0. The van der Waals surface area contributed by atoms with Gasteiger partial charge in [0.05, 0.1) is 4.75 Å². The van der Waals surface area contributed by atoms with Crippen LogP contribution in [0.2, 0.25) is 0 Å². The van der Waals surface area contributed by atoms with Crippen molar-refractivity contribution in [2.45, 2.75) is 25.5 Å². The van der Waals surface area contributed by atoms with Crippen LogP contribution in [0, 0.1) is 0 Å². The lowest BCUT2D eigenvalue weighted by atomic mass is 9.88. The number of benzene rings is 1. The molecular formula is C18H18S. The normalized spacial score (nSPS) is 30.3. The molecule has 0 amide bonds. The van der Waals surface area contributed by atoms with E-state index in [4.69, 9.17) is 0 Å². The lowest BCUT2D eigenvalue weighted by Gasteiger charge is -2.36. The number of rotatable bonds is 1. The summed E-state index contributed by atoms with van der Waals surface area (Å²) >= 11 is 1.96. The minimum absolute atomic E-state index is 0.0160. The van der Waals surface area contributed by atoms with Crippen LogP contribution in [0.1, 0.15) is 26.3 Å². The Morgan fingerprint density at radius 2 is 1.68 bits per heavy atom. The third-order valence-electron chi connectivity index (χ3n) is 3.83. The Hall–Kier alpha value is -1.47. The highest BCUT2D eigenvalue weighted by atomic mass is 32.2. The highest BCUT2D eigenvalue weighted by molar-refractivity contribution is 8.04. The highest BCUT2D eigenvalue weighted by Gasteiger charge is 2.35. The fraction of sp³-hybridized carbons (Fsp3) is 0.222. The van der Waals surface area contributed by atoms with E-state index in [0.717, 1.165) is 0 Å². The molecule has 1 atom stereocenters. The summed E-state index contributed by atoms with van der Waals surface area (Å²) in [5.74, 6) is 0. The minimum Gasteiger partial charge on any atom is -0.110 e. The predicted octanol–water partition coefficient (Wildman–Crippen LogP) is 5.37. The van der Waals surface area contributed by atoms with Crippen LogP contribution in [0.4, 0.5) is 0 Å². The van der Waals surface area contributed by atoms with Gasteiger partial charge in [0.1, 0.15) is 0 Å². The molecule has 0 nitrogen and oxygen atoms in total. The van der Waals surface area contributed by atoms with Crippen molar-refractivity contribution in [3.63, 3.8) is 0 Å². The molecule has 4 rings (SSSR count). The quantitative estimate of drug-likeness (QED) is 0.659. The van der Waals surface area contributed by atoms with Crippen LogP contribution in [0.15, 0.2) is 76.3 Å². The van der Waals surface area contributed by atoms with Crippen molar-refractivity contribution in [1.82, 2.24) is 0 Å². The first-order valence-electron chi connectivity index (χ1n) is 6.63. The van der Waals surface area contributed by atoms with Gasteiger partial charge in [-0.2, -0.15) is 0 Å². The van der Waals surface area contributed by atoms with Crippen molar-refractivity contribution in [3.05, 3.63) is 81.8 Å². The van der Waals surface area contributed by atoms with E-state index in [2.05, 4.69) is 75.4 Å². The first-order valence-corrected chi connectivity index (χ1v) is 7.45. The highest BCUT2D eigenvalue weighted by Crippen LogP contribution is 2.52. The molecule has 19 heavy (non-hydrogen) atoms. The molecule has 0 saturated heterocycles. The zero-order chi connectivity index (χ0) is 13.5. The molecule has 2 aliphatic heterocycles. The number of fused-ring (bicyclic) bond motifs is 3. The molecule has 2 heterocycles. The number of hydrogen-bond donors (Lipinski definition) is 0. The van der Waals surface area contributed by atoms with Crippen LogP contribution in [0.3, 0.4) is 0 Å². The van der Waals surface area contributed by atoms with Crippen molar-refractivity contribution in [1.29, 1.82) is 0 Å². The van der Waals surface area contributed by atoms with E-state index in [-0.39, 0.29) is 4.75 Å². The molecule has 0 fully saturated rings. The lowest BCUT2D eigenvalue weighted by Crippen LogP contribution is -2.23. The second-order valence-electron chi connectivity index (χ2n) is 5.37. The van der Waals surface area contributed by atoms with E-state index < -0.39 is 0 Å². The monoisotopic (exact) mass is 266 g/mol. The van der Waals surface area contributed by atoms with Gasteiger partial charge in [0.2, 0.25) is 0 Å². The minimum atomic E-state index is 0.0160. The molecule has 96 valence electrons. The predicted molar refractivity (Wildman–Crippen MR) is 85.1 cm³/mol. The number of allylic oxidation sites excluding steroid dienone is 6. The standard InChI is InChI=1S/C18H18S/c1-13-9-10-17-14(2)12-16(11-13)18(3,19-17)15-7-5-4-6-8-15/h4-12H,1-3H3/b10-9-,13-9?,13-11-,16-11?,17-10?. The van der Waals surface area contributed by atoms with Gasteiger partial charge in [-0.1, -0.05) is 54.1 Å². The van der Waals surface area contributed by atoms with Gasteiger partial charge in [0, 0.05) is 4.91 Å². The zero-order valence-electron chi connectivity index (χ0n) is 11.6. The van der Waals surface area contributed by atoms with E-state index in [0.29, 0.717) is 0 Å². The third kappa shape index (κ3) is 2.12. The molecule has 0 aromatic heterocycles. The Balaban J connectivity index is 2.17. The molecule has 1 aromatic rings. The van der Waals surface area contributed by atoms with Crippen LogP contribution in [-0.2, 0) is 4.75 Å². The van der Waals surface area contributed by atoms with Crippen molar-refractivity contribution in [3.8, 4) is 0 Å². The van der Waals surface area contributed by atoms with E-state index in [1.807, 2.05) is 11.8 Å². The van der Waals surface area contributed by atoms with Crippen molar-refractivity contribution < 1.29 is 0 Å². The van der Waals surface area contributed by atoms with Crippen molar-refractivity contribution >= 4 is 11.8 Å². The first-order chi connectivity index (χ1) is 9.09. The number of hydrogen-bond acceptors (Lipinski definition) is 1. The fourth-order valence-electron chi connectivity index (χ4n) is 2.63. The fourth-order valence-corrected chi connectivity index (χ4v) is 3.91. The molecule has 3 aliphatic rings. The molecule has 1 unspecified atom stereocenters. The number of thioether (sulfide) groups is 1. The Labute approximate surface area is 119 Å². The zero-order valence-corrected chi connectivity index (χ0v) is 12.4. The molecule has 0 spiro atoms. The van der Waals surface area contributed by atoms with Crippen LogP contribution in [-0.4, -0.2) is 0 Å². The Kier molecular flexibility index (Phi) is 3.02. The van der Waals surface area contributed by atoms with Gasteiger partial charge < -0.3 is 0 Å². The maximum Gasteiger partial charge on any atom is 0.0676 e. The molecule has 0 saturated carbocycles. The molecule has 0 radical (unpaired) electrons. The van der Waals surface area contributed by atoms with Crippen molar-refractivity contribution in [2.24, 2.45) is 0 Å². The largest absolute Gasteiger partial charge is 0.110 e.